The summed E-state index contributed by atoms with van der Waals surface area (Å²) in [7, 11) is 0. The van der Waals surface area contributed by atoms with E-state index in [-0.39, 0.29) is 0 Å². The maximum atomic E-state index is 5.26. The lowest BCUT2D eigenvalue weighted by atomic mass is 10.1. The van der Waals surface area contributed by atoms with Crippen LogP contribution < -0.4 is 0 Å². The Labute approximate surface area is 56.2 Å². The highest BCUT2D eigenvalue weighted by Crippen LogP contribution is 2.04. The Balaban J connectivity index is 2.12. The van der Waals surface area contributed by atoms with E-state index in [1.165, 1.54) is 0 Å². The second-order valence-electron chi connectivity index (χ2n) is 2.58. The summed E-state index contributed by atoms with van der Waals surface area (Å²) in [4.78, 5) is 0. The molecule has 0 spiro atoms. The zero-order chi connectivity index (χ0) is 6.53. The van der Waals surface area contributed by atoms with E-state index in [4.69, 9.17) is 9.47 Å². The van der Waals surface area contributed by atoms with Crippen LogP contribution in [0.5, 0.6) is 0 Å². The van der Waals surface area contributed by atoms with Gasteiger partial charge in [-0.25, -0.2) is 0 Å². The average Bonchev–Trinajstić information content (AvgIpc) is 1.79. The molecule has 2 heteroatoms. The molecule has 1 atom stereocenters. The molecular weight excluding hydrogens is 116 g/mol. The minimum absolute atomic E-state index is 0.672. The first-order valence-electron chi connectivity index (χ1n) is 3.55. The zero-order valence-electron chi connectivity index (χ0n) is 5.93. The van der Waals surface area contributed by atoms with Gasteiger partial charge in [0.25, 0.3) is 0 Å². The van der Waals surface area contributed by atoms with Gasteiger partial charge >= 0.3 is 0 Å². The van der Waals surface area contributed by atoms with Crippen molar-refractivity contribution in [2.75, 3.05) is 26.4 Å². The third-order valence-electron chi connectivity index (χ3n) is 1.53. The van der Waals surface area contributed by atoms with Crippen molar-refractivity contribution < 1.29 is 9.47 Å². The Bertz CT molecular complexity index is 65.3. The van der Waals surface area contributed by atoms with Crippen molar-refractivity contribution in [2.24, 2.45) is 5.92 Å². The van der Waals surface area contributed by atoms with Crippen LogP contribution in [-0.4, -0.2) is 26.4 Å². The first-order chi connectivity index (χ1) is 4.39. The van der Waals surface area contributed by atoms with Crippen LogP contribution in [0.1, 0.15) is 13.3 Å². The molecule has 0 saturated carbocycles. The topological polar surface area (TPSA) is 18.5 Å². The van der Waals surface area contributed by atoms with E-state index in [1.54, 1.807) is 0 Å². The molecule has 1 heterocycles. The fourth-order valence-electron chi connectivity index (χ4n) is 0.872. The van der Waals surface area contributed by atoms with Gasteiger partial charge in [-0.1, -0.05) is 6.92 Å². The minimum atomic E-state index is 0.672. The zero-order valence-corrected chi connectivity index (χ0v) is 5.93. The minimum Gasteiger partial charge on any atom is -0.379 e. The van der Waals surface area contributed by atoms with Gasteiger partial charge in [-0.05, 0) is 12.3 Å². The van der Waals surface area contributed by atoms with E-state index in [0.29, 0.717) is 5.92 Å². The van der Waals surface area contributed by atoms with Crippen LogP contribution >= 0.6 is 0 Å². The highest BCUT2D eigenvalue weighted by Gasteiger charge is 2.04. The molecule has 0 amide bonds. The number of rotatable bonds is 0. The first kappa shape index (κ1) is 7.03. The molecule has 1 aliphatic rings. The van der Waals surface area contributed by atoms with Crippen molar-refractivity contribution in [1.29, 1.82) is 0 Å². The standard InChI is InChI=1S/C7H14O2/c1-7-2-3-8-4-5-9-6-7/h7H,2-6H2,1H3. The number of hydrogen-bond donors (Lipinski definition) is 0. The van der Waals surface area contributed by atoms with Gasteiger partial charge in [0, 0.05) is 13.2 Å². The van der Waals surface area contributed by atoms with Gasteiger partial charge in [-0.3, -0.25) is 0 Å². The third kappa shape index (κ3) is 2.82. The molecule has 0 aromatic rings. The first-order valence-corrected chi connectivity index (χ1v) is 3.55. The lowest BCUT2D eigenvalue weighted by Crippen LogP contribution is -2.16. The van der Waals surface area contributed by atoms with E-state index >= 15 is 0 Å². The second-order valence-corrected chi connectivity index (χ2v) is 2.58. The highest BCUT2D eigenvalue weighted by molar-refractivity contribution is 4.52. The lowest BCUT2D eigenvalue weighted by Gasteiger charge is -2.15. The summed E-state index contributed by atoms with van der Waals surface area (Å²) in [6.45, 7) is 5.54. The number of ether oxygens (including phenoxy) is 2. The summed E-state index contributed by atoms with van der Waals surface area (Å²) in [6.07, 6.45) is 1.14. The van der Waals surface area contributed by atoms with Crippen LogP contribution in [-0.2, 0) is 9.47 Å². The lowest BCUT2D eigenvalue weighted by molar-refractivity contribution is 0.00193. The van der Waals surface area contributed by atoms with Gasteiger partial charge in [-0.15, -0.1) is 0 Å². The van der Waals surface area contributed by atoms with E-state index in [2.05, 4.69) is 6.92 Å². The summed E-state index contributed by atoms with van der Waals surface area (Å²) in [5.74, 6) is 0.672. The van der Waals surface area contributed by atoms with E-state index in [1.807, 2.05) is 0 Å². The molecule has 1 fully saturated rings. The van der Waals surface area contributed by atoms with Crippen LogP contribution in [0.15, 0.2) is 0 Å². The largest absolute Gasteiger partial charge is 0.379 e. The van der Waals surface area contributed by atoms with Crippen LogP contribution in [0.3, 0.4) is 0 Å². The van der Waals surface area contributed by atoms with Gasteiger partial charge < -0.3 is 9.47 Å². The van der Waals surface area contributed by atoms with Crippen molar-refractivity contribution in [1.82, 2.24) is 0 Å². The maximum absolute atomic E-state index is 5.26. The molecule has 1 rings (SSSR count). The fourth-order valence-corrected chi connectivity index (χ4v) is 0.872. The predicted octanol–water partition coefficient (Wildman–Crippen LogP) is 1.06. The van der Waals surface area contributed by atoms with Crippen molar-refractivity contribution in [2.45, 2.75) is 13.3 Å². The molecule has 1 saturated heterocycles. The summed E-state index contributed by atoms with van der Waals surface area (Å²) in [5.41, 5.74) is 0. The monoisotopic (exact) mass is 130 g/mol. The average molecular weight is 130 g/mol. The van der Waals surface area contributed by atoms with E-state index in [9.17, 15) is 0 Å². The Morgan fingerprint density at radius 2 is 1.89 bits per heavy atom. The van der Waals surface area contributed by atoms with Crippen molar-refractivity contribution in [3.8, 4) is 0 Å². The second kappa shape index (κ2) is 3.85. The van der Waals surface area contributed by atoms with Crippen molar-refractivity contribution >= 4 is 0 Å². The molecule has 54 valence electrons. The van der Waals surface area contributed by atoms with Crippen LogP contribution in [0.25, 0.3) is 0 Å². The van der Waals surface area contributed by atoms with Crippen LogP contribution in [0.4, 0.5) is 0 Å². The summed E-state index contributed by atoms with van der Waals surface area (Å²) in [6, 6.07) is 0. The van der Waals surface area contributed by atoms with E-state index < -0.39 is 0 Å². The van der Waals surface area contributed by atoms with Gasteiger partial charge in [0.05, 0.1) is 13.2 Å². The van der Waals surface area contributed by atoms with Crippen molar-refractivity contribution in [3.63, 3.8) is 0 Å². The molecule has 0 bridgehead atoms. The Morgan fingerprint density at radius 1 is 1.11 bits per heavy atom. The van der Waals surface area contributed by atoms with Gasteiger partial charge in [-0.2, -0.15) is 0 Å². The Hall–Kier alpha value is -0.0800. The Kier molecular flexibility index (Phi) is 3.01. The smallest absolute Gasteiger partial charge is 0.0700 e. The summed E-state index contributed by atoms with van der Waals surface area (Å²) >= 11 is 0. The molecule has 0 aromatic heterocycles. The van der Waals surface area contributed by atoms with Crippen molar-refractivity contribution in [3.05, 3.63) is 0 Å². The maximum Gasteiger partial charge on any atom is 0.0700 e. The fraction of sp³-hybridized carbons (Fsp3) is 1.00. The number of hydrogen-bond acceptors (Lipinski definition) is 2. The van der Waals surface area contributed by atoms with Crippen LogP contribution in [0, 0.1) is 5.92 Å². The van der Waals surface area contributed by atoms with Gasteiger partial charge in [0.1, 0.15) is 0 Å². The van der Waals surface area contributed by atoms with Crippen LogP contribution in [0.2, 0.25) is 0 Å². The molecule has 2 nitrogen and oxygen atoms in total. The normalized spacial score (nSPS) is 31.0. The molecule has 1 unspecified atom stereocenters. The third-order valence-corrected chi connectivity index (χ3v) is 1.53. The van der Waals surface area contributed by atoms with Gasteiger partial charge in [0.2, 0.25) is 0 Å². The highest BCUT2D eigenvalue weighted by atomic mass is 16.5. The van der Waals surface area contributed by atoms with Gasteiger partial charge in [0.15, 0.2) is 0 Å². The molecule has 0 aliphatic carbocycles. The predicted molar refractivity (Wildman–Crippen MR) is 35.4 cm³/mol. The molecule has 0 radical (unpaired) electrons. The Morgan fingerprint density at radius 3 is 2.78 bits per heavy atom. The molecule has 0 aromatic carbocycles. The molecule has 1 aliphatic heterocycles. The SMILES string of the molecule is CC1CCOCCOC1. The summed E-state index contributed by atoms with van der Waals surface area (Å²) in [5, 5.41) is 0. The van der Waals surface area contributed by atoms with E-state index in [0.717, 1.165) is 32.8 Å². The molecule has 9 heavy (non-hydrogen) atoms. The summed E-state index contributed by atoms with van der Waals surface area (Å²) < 4.78 is 10.5. The molecular formula is C7H14O2. The quantitative estimate of drug-likeness (QED) is 0.488. The molecule has 0 N–H and O–H groups in total.